The minimum atomic E-state index is -1.09. The topological polar surface area (TPSA) is 75.6 Å². The lowest BCUT2D eigenvalue weighted by Crippen LogP contribution is -2.42. The summed E-state index contributed by atoms with van der Waals surface area (Å²) in [5.41, 5.74) is 1.17. The molecule has 2 rings (SSSR count). The van der Waals surface area contributed by atoms with Gasteiger partial charge in [-0.05, 0) is 35.9 Å². The molecule has 23 heavy (non-hydrogen) atoms. The lowest BCUT2D eigenvalue weighted by Gasteiger charge is -2.15. The number of benzene rings is 2. The first kappa shape index (κ1) is 17.0. The summed E-state index contributed by atoms with van der Waals surface area (Å²) in [6.45, 7) is 0. The molecule has 2 aromatic carbocycles. The Kier molecular flexibility index (Phi) is 5.76. The number of hydrogen-bond acceptors (Lipinski definition) is 3. The Morgan fingerprint density at radius 2 is 1.96 bits per heavy atom. The number of amides is 1. The summed E-state index contributed by atoms with van der Waals surface area (Å²) in [6.07, 6.45) is 0.173. The quantitative estimate of drug-likeness (QED) is 0.811. The number of carbonyl (C=O) groups excluding carboxylic acids is 1. The zero-order chi connectivity index (χ0) is 16.8. The average Bonchev–Trinajstić information content (AvgIpc) is 2.54. The molecular weight excluding hydrogens is 362 g/mol. The normalized spacial score (nSPS) is 11.6. The van der Waals surface area contributed by atoms with Crippen LogP contribution >= 0.6 is 15.9 Å². The van der Waals surface area contributed by atoms with Crippen molar-refractivity contribution in [2.45, 2.75) is 12.5 Å². The number of rotatable bonds is 6. The maximum absolute atomic E-state index is 12.2. The van der Waals surface area contributed by atoms with Crippen molar-refractivity contribution in [3.05, 3.63) is 64.1 Å². The van der Waals surface area contributed by atoms with Gasteiger partial charge in [-0.15, -0.1) is 0 Å². The Hall–Kier alpha value is -2.34. The summed E-state index contributed by atoms with van der Waals surface area (Å²) in [4.78, 5) is 23.6. The first-order chi connectivity index (χ1) is 11.0. The molecule has 0 fully saturated rings. The first-order valence-electron chi connectivity index (χ1n) is 6.92. The highest BCUT2D eigenvalue weighted by atomic mass is 79.9. The Labute approximate surface area is 142 Å². The summed E-state index contributed by atoms with van der Waals surface area (Å²) in [6, 6.07) is 12.9. The van der Waals surface area contributed by atoms with Crippen LogP contribution in [0.4, 0.5) is 0 Å². The van der Waals surface area contributed by atoms with Crippen molar-refractivity contribution in [3.8, 4) is 5.75 Å². The number of hydrogen-bond donors (Lipinski definition) is 2. The van der Waals surface area contributed by atoms with Gasteiger partial charge in [0.2, 0.25) is 0 Å². The van der Waals surface area contributed by atoms with Crippen LogP contribution in [0.3, 0.4) is 0 Å². The van der Waals surface area contributed by atoms with Gasteiger partial charge in [0.05, 0.1) is 7.11 Å². The molecule has 0 aliphatic carbocycles. The van der Waals surface area contributed by atoms with Crippen LogP contribution in [0.2, 0.25) is 0 Å². The van der Waals surface area contributed by atoms with Crippen LogP contribution in [0, 0.1) is 0 Å². The van der Waals surface area contributed by atoms with Crippen molar-refractivity contribution >= 4 is 27.8 Å². The largest absolute Gasteiger partial charge is 0.497 e. The van der Waals surface area contributed by atoms with Crippen LogP contribution in [-0.2, 0) is 11.2 Å². The Bertz CT molecular complexity index is 717. The second-order valence-corrected chi connectivity index (χ2v) is 5.85. The van der Waals surface area contributed by atoms with E-state index in [1.165, 1.54) is 0 Å². The molecule has 0 unspecified atom stereocenters. The lowest BCUT2D eigenvalue weighted by atomic mass is 10.0. The molecule has 1 amide bonds. The fourth-order valence-electron chi connectivity index (χ4n) is 2.11. The summed E-state index contributed by atoms with van der Waals surface area (Å²) in [5.74, 6) is -0.872. The van der Waals surface area contributed by atoms with E-state index in [1.54, 1.807) is 55.6 Å². The van der Waals surface area contributed by atoms with E-state index in [9.17, 15) is 14.7 Å². The molecular formula is C17H16BrNO4. The molecule has 2 aromatic rings. The second kappa shape index (κ2) is 7.78. The molecule has 0 aliphatic rings. The van der Waals surface area contributed by atoms with Gasteiger partial charge in [0.25, 0.3) is 5.91 Å². The molecule has 0 radical (unpaired) electrons. The number of carboxylic acid groups (broad SMARTS) is 1. The van der Waals surface area contributed by atoms with Crippen molar-refractivity contribution in [2.75, 3.05) is 7.11 Å². The van der Waals surface area contributed by atoms with Gasteiger partial charge in [-0.2, -0.15) is 0 Å². The highest BCUT2D eigenvalue weighted by molar-refractivity contribution is 9.10. The molecule has 0 aromatic heterocycles. The maximum atomic E-state index is 12.2. The van der Waals surface area contributed by atoms with Gasteiger partial charge in [-0.3, -0.25) is 4.79 Å². The van der Waals surface area contributed by atoms with E-state index in [0.717, 1.165) is 10.0 Å². The number of methoxy groups -OCH3 is 1. The fourth-order valence-corrected chi connectivity index (χ4v) is 2.51. The molecule has 1 atom stereocenters. The van der Waals surface area contributed by atoms with Crippen LogP contribution in [-0.4, -0.2) is 30.1 Å². The third-order valence-corrected chi connectivity index (χ3v) is 3.76. The van der Waals surface area contributed by atoms with Crippen molar-refractivity contribution in [1.29, 1.82) is 0 Å². The van der Waals surface area contributed by atoms with Crippen LogP contribution in [0.15, 0.2) is 53.0 Å². The zero-order valence-electron chi connectivity index (χ0n) is 12.5. The lowest BCUT2D eigenvalue weighted by molar-refractivity contribution is -0.139. The standard InChI is InChI=1S/C17H16BrNO4/c1-23-14-7-2-4-11(8-14)9-15(17(21)22)19-16(20)12-5-3-6-13(18)10-12/h2-8,10,15H,9H2,1H3,(H,19,20)(H,21,22)/t15-/m0/s1. The monoisotopic (exact) mass is 377 g/mol. The Morgan fingerprint density at radius 1 is 1.22 bits per heavy atom. The van der Waals surface area contributed by atoms with E-state index in [4.69, 9.17) is 4.74 Å². The molecule has 0 aliphatic heterocycles. The number of ether oxygens (including phenoxy) is 1. The van der Waals surface area contributed by atoms with Crippen molar-refractivity contribution < 1.29 is 19.4 Å². The zero-order valence-corrected chi connectivity index (χ0v) is 14.0. The van der Waals surface area contributed by atoms with Crippen LogP contribution < -0.4 is 10.1 Å². The maximum Gasteiger partial charge on any atom is 0.326 e. The van der Waals surface area contributed by atoms with Crippen LogP contribution in [0.1, 0.15) is 15.9 Å². The molecule has 0 heterocycles. The minimum absolute atomic E-state index is 0.173. The fraction of sp³-hybridized carbons (Fsp3) is 0.176. The van der Waals surface area contributed by atoms with Gasteiger partial charge in [0.15, 0.2) is 0 Å². The smallest absolute Gasteiger partial charge is 0.326 e. The highest BCUT2D eigenvalue weighted by Gasteiger charge is 2.21. The summed E-state index contributed by atoms with van der Waals surface area (Å²) in [5, 5.41) is 11.9. The number of carbonyl (C=O) groups is 2. The molecule has 5 nitrogen and oxygen atoms in total. The van der Waals surface area contributed by atoms with Crippen LogP contribution in [0.25, 0.3) is 0 Å². The summed E-state index contributed by atoms with van der Waals surface area (Å²) >= 11 is 3.29. The van der Waals surface area contributed by atoms with E-state index < -0.39 is 17.9 Å². The van der Waals surface area contributed by atoms with Crippen molar-refractivity contribution in [3.63, 3.8) is 0 Å². The predicted octanol–water partition coefficient (Wildman–Crippen LogP) is 2.88. The first-order valence-corrected chi connectivity index (χ1v) is 7.71. The van der Waals surface area contributed by atoms with Gasteiger partial charge in [-0.25, -0.2) is 4.79 Å². The third kappa shape index (κ3) is 4.82. The van der Waals surface area contributed by atoms with E-state index in [0.29, 0.717) is 11.3 Å². The van der Waals surface area contributed by atoms with E-state index in [2.05, 4.69) is 21.2 Å². The Balaban J connectivity index is 2.12. The molecule has 6 heteroatoms. The minimum Gasteiger partial charge on any atom is -0.497 e. The van der Waals surface area contributed by atoms with E-state index in [1.807, 2.05) is 0 Å². The number of nitrogens with one attached hydrogen (secondary N) is 1. The SMILES string of the molecule is COc1cccc(C[C@H](NC(=O)c2cccc(Br)c2)C(=O)O)c1. The van der Waals surface area contributed by atoms with Crippen molar-refractivity contribution in [2.24, 2.45) is 0 Å². The molecule has 0 saturated carbocycles. The number of carboxylic acids is 1. The van der Waals surface area contributed by atoms with Gasteiger partial charge < -0.3 is 15.2 Å². The number of halogens is 1. The van der Waals surface area contributed by atoms with Gasteiger partial charge in [-0.1, -0.05) is 34.1 Å². The Morgan fingerprint density at radius 3 is 2.61 bits per heavy atom. The highest BCUT2D eigenvalue weighted by Crippen LogP contribution is 2.15. The van der Waals surface area contributed by atoms with E-state index >= 15 is 0 Å². The van der Waals surface area contributed by atoms with Crippen LogP contribution in [0.5, 0.6) is 5.75 Å². The average molecular weight is 378 g/mol. The molecule has 2 N–H and O–H groups in total. The number of aliphatic carboxylic acids is 1. The third-order valence-electron chi connectivity index (χ3n) is 3.26. The van der Waals surface area contributed by atoms with Gasteiger partial charge in [0, 0.05) is 16.5 Å². The molecule has 0 spiro atoms. The predicted molar refractivity (Wildman–Crippen MR) is 89.7 cm³/mol. The van der Waals surface area contributed by atoms with Gasteiger partial charge >= 0.3 is 5.97 Å². The molecule has 120 valence electrons. The molecule has 0 bridgehead atoms. The summed E-state index contributed by atoms with van der Waals surface area (Å²) < 4.78 is 5.87. The second-order valence-electron chi connectivity index (χ2n) is 4.93. The molecule has 0 saturated heterocycles. The van der Waals surface area contributed by atoms with E-state index in [-0.39, 0.29) is 6.42 Å². The van der Waals surface area contributed by atoms with Crippen molar-refractivity contribution in [1.82, 2.24) is 5.32 Å². The summed E-state index contributed by atoms with van der Waals surface area (Å²) in [7, 11) is 1.54. The van der Waals surface area contributed by atoms with Gasteiger partial charge in [0.1, 0.15) is 11.8 Å².